The number of hydrogen-bond acceptors (Lipinski definition) is 4. The van der Waals surface area contributed by atoms with Gasteiger partial charge in [0.15, 0.2) is 0 Å². The summed E-state index contributed by atoms with van der Waals surface area (Å²) in [6.07, 6.45) is 0.742. The molecule has 1 saturated heterocycles. The molecule has 1 aliphatic heterocycles. The maximum absolute atomic E-state index is 13.5. The van der Waals surface area contributed by atoms with Gasteiger partial charge in [-0.2, -0.15) is 0 Å². The average Bonchev–Trinajstić information content (AvgIpc) is 2.71. The van der Waals surface area contributed by atoms with Crippen molar-refractivity contribution in [2.24, 2.45) is 0 Å². The van der Waals surface area contributed by atoms with Crippen molar-refractivity contribution >= 4 is 11.8 Å². The van der Waals surface area contributed by atoms with Crippen LogP contribution in [-0.2, 0) is 22.6 Å². The fourth-order valence-electron chi connectivity index (χ4n) is 3.47. The molecule has 6 nitrogen and oxygen atoms in total. The van der Waals surface area contributed by atoms with Gasteiger partial charge in [-0.25, -0.2) is 4.39 Å². The van der Waals surface area contributed by atoms with Crippen LogP contribution in [0.1, 0.15) is 17.5 Å². The second kappa shape index (κ2) is 10.0. The zero-order valence-corrected chi connectivity index (χ0v) is 16.5. The molecule has 2 amide bonds. The number of ether oxygens (including phenoxy) is 1. The third-order valence-corrected chi connectivity index (χ3v) is 4.97. The van der Waals surface area contributed by atoms with Gasteiger partial charge < -0.3 is 15.4 Å². The summed E-state index contributed by atoms with van der Waals surface area (Å²) in [5.41, 5.74) is 1.84. The zero-order valence-electron chi connectivity index (χ0n) is 16.5. The number of nitrogens with one attached hydrogen (secondary N) is 2. The summed E-state index contributed by atoms with van der Waals surface area (Å²) in [5, 5.41) is 5.69. The van der Waals surface area contributed by atoms with Crippen LogP contribution in [0.25, 0.3) is 0 Å². The van der Waals surface area contributed by atoms with Crippen LogP contribution < -0.4 is 15.4 Å². The molecule has 0 aliphatic carbocycles. The second-order valence-corrected chi connectivity index (χ2v) is 7.06. The van der Waals surface area contributed by atoms with E-state index in [1.807, 2.05) is 35.2 Å². The molecule has 1 aliphatic rings. The van der Waals surface area contributed by atoms with Crippen molar-refractivity contribution in [2.45, 2.75) is 25.4 Å². The molecule has 3 rings (SSSR count). The van der Waals surface area contributed by atoms with Crippen LogP contribution >= 0.6 is 0 Å². The summed E-state index contributed by atoms with van der Waals surface area (Å²) in [6.45, 7) is 2.03. The minimum atomic E-state index is -0.566. The highest BCUT2D eigenvalue weighted by molar-refractivity contribution is 5.88. The Kier molecular flexibility index (Phi) is 7.19. The molecule has 0 radical (unpaired) electrons. The van der Waals surface area contributed by atoms with Gasteiger partial charge in [0.25, 0.3) is 0 Å². The van der Waals surface area contributed by atoms with E-state index < -0.39 is 6.04 Å². The number of hydrogen-bond donors (Lipinski definition) is 2. The molecule has 0 bridgehead atoms. The Labute approximate surface area is 170 Å². The molecule has 154 valence electrons. The number of carbonyl (C=O) groups is 2. The Morgan fingerprint density at radius 1 is 1.24 bits per heavy atom. The number of benzene rings is 2. The molecule has 1 fully saturated rings. The van der Waals surface area contributed by atoms with Gasteiger partial charge in [-0.1, -0.05) is 24.3 Å². The van der Waals surface area contributed by atoms with E-state index in [1.165, 1.54) is 12.1 Å². The quantitative estimate of drug-likeness (QED) is 0.711. The van der Waals surface area contributed by atoms with Crippen LogP contribution in [0.15, 0.2) is 48.5 Å². The lowest BCUT2D eigenvalue weighted by molar-refractivity contribution is -0.134. The van der Waals surface area contributed by atoms with Crippen LogP contribution in [0.5, 0.6) is 5.75 Å². The third-order valence-electron chi connectivity index (χ3n) is 4.97. The Morgan fingerprint density at radius 3 is 2.83 bits per heavy atom. The average molecular weight is 399 g/mol. The van der Waals surface area contributed by atoms with Crippen LogP contribution in [-0.4, -0.2) is 49.5 Å². The minimum absolute atomic E-state index is 0.0687. The van der Waals surface area contributed by atoms with Gasteiger partial charge >= 0.3 is 0 Å². The number of methoxy groups -OCH3 is 1. The molecule has 0 spiro atoms. The largest absolute Gasteiger partial charge is 0.497 e. The summed E-state index contributed by atoms with van der Waals surface area (Å²) >= 11 is 0. The Morgan fingerprint density at radius 2 is 2.03 bits per heavy atom. The SMILES string of the molecule is COc1cccc(CCNC(=O)CC2C(=O)NCCN2Cc2cccc(F)c2)c1. The lowest BCUT2D eigenvalue weighted by atomic mass is 10.1. The Hall–Kier alpha value is -2.93. The number of amides is 2. The first-order valence-corrected chi connectivity index (χ1v) is 9.71. The van der Waals surface area contributed by atoms with E-state index >= 15 is 0 Å². The molecule has 2 N–H and O–H groups in total. The lowest BCUT2D eigenvalue weighted by Gasteiger charge is -2.34. The van der Waals surface area contributed by atoms with Crippen molar-refractivity contribution in [3.05, 3.63) is 65.5 Å². The minimum Gasteiger partial charge on any atom is -0.497 e. The first-order valence-electron chi connectivity index (χ1n) is 9.71. The van der Waals surface area contributed by atoms with Crippen molar-refractivity contribution in [2.75, 3.05) is 26.7 Å². The fraction of sp³-hybridized carbons (Fsp3) is 0.364. The van der Waals surface area contributed by atoms with Crippen molar-refractivity contribution in [3.8, 4) is 5.75 Å². The van der Waals surface area contributed by atoms with Crippen molar-refractivity contribution < 1.29 is 18.7 Å². The molecule has 2 aromatic carbocycles. The zero-order chi connectivity index (χ0) is 20.6. The van der Waals surface area contributed by atoms with Gasteiger partial charge in [0.2, 0.25) is 11.8 Å². The molecule has 0 saturated carbocycles. The molecular formula is C22H26FN3O3. The smallest absolute Gasteiger partial charge is 0.237 e. The van der Waals surface area contributed by atoms with E-state index in [0.29, 0.717) is 32.6 Å². The number of rotatable bonds is 8. The molecule has 1 unspecified atom stereocenters. The summed E-state index contributed by atoms with van der Waals surface area (Å²) < 4.78 is 18.7. The predicted molar refractivity (Wildman–Crippen MR) is 108 cm³/mol. The molecule has 1 atom stereocenters. The second-order valence-electron chi connectivity index (χ2n) is 7.06. The molecule has 2 aromatic rings. The first kappa shape index (κ1) is 20.8. The number of carbonyl (C=O) groups excluding carboxylic acids is 2. The van der Waals surface area contributed by atoms with Gasteiger partial charge in [0, 0.05) is 26.2 Å². The first-order chi connectivity index (χ1) is 14.0. The Bertz CT molecular complexity index is 859. The number of piperazine rings is 1. The van der Waals surface area contributed by atoms with Crippen molar-refractivity contribution in [1.82, 2.24) is 15.5 Å². The molecule has 0 aromatic heterocycles. The summed E-state index contributed by atoms with van der Waals surface area (Å²) in [7, 11) is 1.62. The standard InChI is InChI=1S/C22H26FN3O3/c1-29-19-7-3-4-16(13-19)8-9-24-21(27)14-20-22(28)25-10-11-26(20)15-17-5-2-6-18(23)12-17/h2-7,12-13,20H,8-11,14-15H2,1H3,(H,24,27)(H,25,28). The number of nitrogens with zero attached hydrogens (tertiary/aromatic N) is 1. The van der Waals surface area contributed by atoms with E-state index in [0.717, 1.165) is 16.9 Å². The maximum atomic E-state index is 13.5. The highest BCUT2D eigenvalue weighted by Gasteiger charge is 2.31. The third kappa shape index (κ3) is 6.02. The van der Waals surface area contributed by atoms with Gasteiger partial charge in [0.1, 0.15) is 11.6 Å². The molecule has 7 heteroatoms. The van der Waals surface area contributed by atoms with E-state index in [4.69, 9.17) is 4.74 Å². The predicted octanol–water partition coefficient (Wildman–Crippen LogP) is 1.88. The van der Waals surface area contributed by atoms with Crippen molar-refractivity contribution in [1.29, 1.82) is 0 Å². The van der Waals surface area contributed by atoms with Gasteiger partial charge in [-0.15, -0.1) is 0 Å². The van der Waals surface area contributed by atoms with Gasteiger partial charge in [-0.3, -0.25) is 14.5 Å². The summed E-state index contributed by atoms with van der Waals surface area (Å²) in [4.78, 5) is 26.7. The lowest BCUT2D eigenvalue weighted by Crippen LogP contribution is -2.56. The van der Waals surface area contributed by atoms with E-state index in [2.05, 4.69) is 10.6 Å². The van der Waals surface area contributed by atoms with E-state index in [1.54, 1.807) is 13.2 Å². The van der Waals surface area contributed by atoms with Gasteiger partial charge in [-0.05, 0) is 41.8 Å². The molecule has 29 heavy (non-hydrogen) atoms. The van der Waals surface area contributed by atoms with Crippen molar-refractivity contribution in [3.63, 3.8) is 0 Å². The topological polar surface area (TPSA) is 70.7 Å². The summed E-state index contributed by atoms with van der Waals surface area (Å²) in [6, 6.07) is 13.4. The fourth-order valence-corrected chi connectivity index (χ4v) is 3.47. The van der Waals surface area contributed by atoms with Gasteiger partial charge in [0.05, 0.1) is 19.6 Å². The maximum Gasteiger partial charge on any atom is 0.237 e. The van der Waals surface area contributed by atoms with E-state index in [-0.39, 0.29) is 24.1 Å². The van der Waals surface area contributed by atoms with Crippen LogP contribution in [0.4, 0.5) is 4.39 Å². The van der Waals surface area contributed by atoms with Crippen LogP contribution in [0.3, 0.4) is 0 Å². The normalized spacial score (nSPS) is 16.9. The van der Waals surface area contributed by atoms with E-state index in [9.17, 15) is 14.0 Å². The Balaban J connectivity index is 1.53. The van der Waals surface area contributed by atoms with Crippen LogP contribution in [0, 0.1) is 5.82 Å². The highest BCUT2D eigenvalue weighted by atomic mass is 19.1. The highest BCUT2D eigenvalue weighted by Crippen LogP contribution is 2.15. The molecule has 1 heterocycles. The summed E-state index contributed by atoms with van der Waals surface area (Å²) in [5.74, 6) is 0.117. The monoisotopic (exact) mass is 399 g/mol. The van der Waals surface area contributed by atoms with Crippen LogP contribution in [0.2, 0.25) is 0 Å². The number of halogens is 1. The molecular weight excluding hydrogens is 373 g/mol.